The summed E-state index contributed by atoms with van der Waals surface area (Å²) in [6.45, 7) is 2.61. The summed E-state index contributed by atoms with van der Waals surface area (Å²) in [5.41, 5.74) is 1.23. The first-order valence-electron chi connectivity index (χ1n) is 11.0. The van der Waals surface area contributed by atoms with Crippen LogP contribution in [-0.2, 0) is 9.53 Å². The number of carbonyl (C=O) groups is 2. The second-order valence-electron chi connectivity index (χ2n) is 8.10. The van der Waals surface area contributed by atoms with Gasteiger partial charge < -0.3 is 10.1 Å². The minimum atomic E-state index is -0.332. The van der Waals surface area contributed by atoms with Gasteiger partial charge in [-0.25, -0.2) is 4.79 Å². The van der Waals surface area contributed by atoms with E-state index >= 15 is 0 Å². The van der Waals surface area contributed by atoms with Crippen molar-refractivity contribution in [2.75, 3.05) is 18.5 Å². The van der Waals surface area contributed by atoms with E-state index in [1.54, 1.807) is 31.2 Å². The number of nitrogens with one attached hydrogen (secondary N) is 1. The van der Waals surface area contributed by atoms with Gasteiger partial charge in [-0.1, -0.05) is 38.5 Å². The molecule has 28 heavy (non-hydrogen) atoms. The van der Waals surface area contributed by atoms with E-state index in [2.05, 4.69) is 10.2 Å². The van der Waals surface area contributed by atoms with Crippen molar-refractivity contribution in [2.45, 2.75) is 83.2 Å². The van der Waals surface area contributed by atoms with E-state index in [0.717, 1.165) is 5.69 Å². The monoisotopic (exact) mass is 386 g/mol. The standard InChI is InChI=1S/C23H34N2O3/c1-2-28-23(27)18-13-15-19(16-14-18)24-22(26)17-25(20-9-5-3-6-10-20)21-11-7-4-8-12-21/h13-16,20-21H,2-12,17H2,1H3,(H,24,26). The van der Waals surface area contributed by atoms with Gasteiger partial charge in [0.2, 0.25) is 5.91 Å². The topological polar surface area (TPSA) is 58.6 Å². The molecule has 0 atom stereocenters. The van der Waals surface area contributed by atoms with Crippen molar-refractivity contribution in [3.05, 3.63) is 29.8 Å². The molecule has 3 rings (SSSR count). The lowest BCUT2D eigenvalue weighted by molar-refractivity contribution is -0.119. The Bertz CT molecular complexity index is 614. The molecular weight excluding hydrogens is 352 g/mol. The highest BCUT2D eigenvalue weighted by molar-refractivity contribution is 5.94. The SMILES string of the molecule is CCOC(=O)c1ccc(NC(=O)CN(C2CCCCC2)C2CCCCC2)cc1. The van der Waals surface area contributed by atoms with Crippen LogP contribution in [0.2, 0.25) is 0 Å². The maximum absolute atomic E-state index is 12.8. The van der Waals surface area contributed by atoms with Gasteiger partial charge >= 0.3 is 5.97 Å². The Morgan fingerprint density at radius 2 is 1.46 bits per heavy atom. The summed E-state index contributed by atoms with van der Waals surface area (Å²) in [5, 5.41) is 3.02. The summed E-state index contributed by atoms with van der Waals surface area (Å²) in [5.74, 6) is -0.291. The lowest BCUT2D eigenvalue weighted by Crippen LogP contribution is -2.48. The number of esters is 1. The zero-order valence-corrected chi connectivity index (χ0v) is 17.1. The third-order valence-corrected chi connectivity index (χ3v) is 6.09. The molecule has 5 nitrogen and oxygen atoms in total. The average Bonchev–Trinajstić information content (AvgIpc) is 2.74. The molecule has 1 aromatic carbocycles. The van der Waals surface area contributed by atoms with Crippen molar-refractivity contribution in [3.63, 3.8) is 0 Å². The fraction of sp³-hybridized carbons (Fsp3) is 0.652. The first kappa shape index (κ1) is 20.8. The summed E-state index contributed by atoms with van der Waals surface area (Å²) >= 11 is 0. The highest BCUT2D eigenvalue weighted by Crippen LogP contribution is 2.30. The fourth-order valence-electron chi connectivity index (χ4n) is 4.65. The molecule has 0 radical (unpaired) electrons. The number of hydrogen-bond acceptors (Lipinski definition) is 4. The summed E-state index contributed by atoms with van der Waals surface area (Å²) < 4.78 is 5.00. The highest BCUT2D eigenvalue weighted by Gasteiger charge is 2.30. The molecule has 0 spiro atoms. The van der Waals surface area contributed by atoms with Crippen LogP contribution in [0.5, 0.6) is 0 Å². The zero-order valence-electron chi connectivity index (χ0n) is 17.1. The quantitative estimate of drug-likeness (QED) is 0.686. The zero-order chi connectivity index (χ0) is 19.8. The Morgan fingerprint density at radius 1 is 0.929 bits per heavy atom. The number of carbonyl (C=O) groups excluding carboxylic acids is 2. The average molecular weight is 387 g/mol. The molecule has 154 valence electrons. The Morgan fingerprint density at radius 3 is 1.96 bits per heavy atom. The summed E-state index contributed by atoms with van der Waals surface area (Å²) in [4.78, 5) is 27.0. The first-order valence-corrected chi connectivity index (χ1v) is 11.0. The van der Waals surface area contributed by atoms with Gasteiger partial charge in [-0.3, -0.25) is 9.69 Å². The molecule has 0 heterocycles. The maximum atomic E-state index is 12.8. The number of benzene rings is 1. The molecule has 0 bridgehead atoms. The number of hydrogen-bond donors (Lipinski definition) is 1. The molecule has 2 fully saturated rings. The molecular formula is C23H34N2O3. The fourth-order valence-corrected chi connectivity index (χ4v) is 4.65. The normalized spacial score (nSPS) is 18.8. The van der Waals surface area contributed by atoms with Crippen LogP contribution >= 0.6 is 0 Å². The molecule has 0 aromatic heterocycles. The van der Waals surface area contributed by atoms with E-state index in [4.69, 9.17) is 4.74 Å². The minimum absolute atomic E-state index is 0.0417. The van der Waals surface area contributed by atoms with Crippen molar-refractivity contribution in [1.82, 2.24) is 4.90 Å². The van der Waals surface area contributed by atoms with Gasteiger partial charge in [0.25, 0.3) is 0 Å². The molecule has 0 aliphatic heterocycles. The summed E-state index contributed by atoms with van der Waals surface area (Å²) in [6.07, 6.45) is 12.7. The number of rotatable bonds is 7. The van der Waals surface area contributed by atoms with Gasteiger partial charge in [-0.2, -0.15) is 0 Å². The van der Waals surface area contributed by atoms with E-state index < -0.39 is 0 Å². The van der Waals surface area contributed by atoms with E-state index in [1.165, 1.54) is 64.2 Å². The first-order chi connectivity index (χ1) is 13.7. The molecule has 1 N–H and O–H groups in total. The third-order valence-electron chi connectivity index (χ3n) is 6.09. The molecule has 1 aromatic rings. The highest BCUT2D eigenvalue weighted by atomic mass is 16.5. The molecule has 2 saturated carbocycles. The minimum Gasteiger partial charge on any atom is -0.462 e. The van der Waals surface area contributed by atoms with Crippen molar-refractivity contribution in [3.8, 4) is 0 Å². The number of anilines is 1. The smallest absolute Gasteiger partial charge is 0.338 e. The van der Waals surface area contributed by atoms with Gasteiger partial charge in [0.1, 0.15) is 0 Å². The van der Waals surface area contributed by atoms with Crippen molar-refractivity contribution >= 4 is 17.6 Å². The second kappa shape index (κ2) is 10.6. The van der Waals surface area contributed by atoms with Crippen LogP contribution in [0.25, 0.3) is 0 Å². The number of amides is 1. The Kier molecular flexibility index (Phi) is 7.90. The van der Waals surface area contributed by atoms with Crippen molar-refractivity contribution in [2.24, 2.45) is 0 Å². The van der Waals surface area contributed by atoms with E-state index in [9.17, 15) is 9.59 Å². The van der Waals surface area contributed by atoms with E-state index in [1.807, 2.05) is 0 Å². The Hall–Kier alpha value is -1.88. The van der Waals surface area contributed by atoms with Crippen LogP contribution < -0.4 is 5.32 Å². The lowest BCUT2D eigenvalue weighted by atomic mass is 9.88. The van der Waals surface area contributed by atoms with Gasteiger partial charge in [0.15, 0.2) is 0 Å². The van der Waals surface area contributed by atoms with Crippen molar-refractivity contribution < 1.29 is 14.3 Å². The third kappa shape index (κ3) is 5.81. The Labute approximate surface area is 168 Å². The lowest BCUT2D eigenvalue weighted by Gasteiger charge is -2.41. The summed E-state index contributed by atoms with van der Waals surface area (Å²) in [6, 6.07) is 8.05. The predicted molar refractivity (Wildman–Crippen MR) is 111 cm³/mol. The molecule has 0 unspecified atom stereocenters. The van der Waals surface area contributed by atoms with Crippen LogP contribution in [0.1, 0.15) is 81.5 Å². The molecule has 1 amide bonds. The van der Waals surface area contributed by atoms with E-state index in [0.29, 0.717) is 30.8 Å². The second-order valence-corrected chi connectivity index (χ2v) is 8.10. The van der Waals surface area contributed by atoms with Crippen LogP contribution in [0.3, 0.4) is 0 Å². The molecule has 5 heteroatoms. The molecule has 0 saturated heterocycles. The van der Waals surface area contributed by atoms with Crippen LogP contribution in [0, 0.1) is 0 Å². The largest absolute Gasteiger partial charge is 0.462 e. The van der Waals surface area contributed by atoms with Gasteiger partial charge in [0, 0.05) is 17.8 Å². The van der Waals surface area contributed by atoms with Gasteiger partial charge in [-0.15, -0.1) is 0 Å². The maximum Gasteiger partial charge on any atom is 0.338 e. The predicted octanol–water partition coefficient (Wildman–Crippen LogP) is 4.77. The Balaban J connectivity index is 1.60. The van der Waals surface area contributed by atoms with Gasteiger partial charge in [0.05, 0.1) is 18.7 Å². The van der Waals surface area contributed by atoms with Gasteiger partial charge in [-0.05, 0) is 56.9 Å². The number of nitrogens with zero attached hydrogens (tertiary/aromatic N) is 1. The number of ether oxygens (including phenoxy) is 1. The van der Waals surface area contributed by atoms with Crippen LogP contribution in [0.4, 0.5) is 5.69 Å². The van der Waals surface area contributed by atoms with Crippen LogP contribution in [-0.4, -0.2) is 42.0 Å². The molecule has 2 aliphatic carbocycles. The van der Waals surface area contributed by atoms with Crippen molar-refractivity contribution in [1.29, 1.82) is 0 Å². The van der Waals surface area contributed by atoms with E-state index in [-0.39, 0.29) is 11.9 Å². The molecule has 2 aliphatic rings. The summed E-state index contributed by atoms with van der Waals surface area (Å²) in [7, 11) is 0. The van der Waals surface area contributed by atoms with Crippen LogP contribution in [0.15, 0.2) is 24.3 Å².